The zero-order valence-electron chi connectivity index (χ0n) is 10.7. The lowest BCUT2D eigenvalue weighted by molar-refractivity contribution is -0.182. The van der Waals surface area contributed by atoms with Crippen molar-refractivity contribution in [3.63, 3.8) is 0 Å². The van der Waals surface area contributed by atoms with Gasteiger partial charge in [-0.1, -0.05) is 6.58 Å². The Morgan fingerprint density at radius 2 is 2.05 bits per heavy atom. The minimum Gasteiger partial charge on any atom is -0.310 e. The fourth-order valence-corrected chi connectivity index (χ4v) is 2.46. The normalized spacial score (nSPS) is 24.4. The zero-order valence-corrected chi connectivity index (χ0v) is 10.7. The lowest BCUT2D eigenvalue weighted by Crippen LogP contribution is -2.36. The highest BCUT2D eigenvalue weighted by Crippen LogP contribution is 2.37. The van der Waals surface area contributed by atoms with Gasteiger partial charge in [0.1, 0.15) is 0 Å². The smallest absolute Gasteiger partial charge is 0.310 e. The van der Waals surface area contributed by atoms with Gasteiger partial charge in [0, 0.05) is 30.5 Å². The van der Waals surface area contributed by atoms with Crippen molar-refractivity contribution >= 4 is 6.20 Å². The lowest BCUT2D eigenvalue weighted by atomic mass is 9.85. The molecule has 3 nitrogen and oxygen atoms in total. The Bertz CT molecular complexity index is 417. The van der Waals surface area contributed by atoms with Crippen LogP contribution in [0, 0.1) is 5.92 Å². The van der Waals surface area contributed by atoms with Gasteiger partial charge in [0.2, 0.25) is 0 Å². The van der Waals surface area contributed by atoms with Crippen molar-refractivity contribution < 1.29 is 13.2 Å². The molecule has 106 valence electrons. The Balaban J connectivity index is 1.75. The molecule has 1 saturated carbocycles. The van der Waals surface area contributed by atoms with Crippen LogP contribution in [0.25, 0.3) is 6.20 Å². The van der Waals surface area contributed by atoms with Crippen LogP contribution in [0.1, 0.15) is 31.2 Å². The Hall–Kier alpha value is -1.30. The standard InChI is InChI=1S/C13H18F3N3/c1-2-19-9-10(8-18-19)7-17-12-5-3-11(4-6-12)13(14,15)16/h2,8-9,11-12,17H,1,3-7H2. The van der Waals surface area contributed by atoms with Gasteiger partial charge < -0.3 is 5.32 Å². The molecule has 1 aliphatic carbocycles. The van der Waals surface area contributed by atoms with Crippen LogP contribution in [-0.2, 0) is 6.54 Å². The third kappa shape index (κ3) is 3.83. The third-order valence-corrected chi connectivity index (χ3v) is 3.63. The summed E-state index contributed by atoms with van der Waals surface area (Å²) in [7, 11) is 0. The van der Waals surface area contributed by atoms with Gasteiger partial charge in [-0.2, -0.15) is 18.3 Å². The van der Waals surface area contributed by atoms with E-state index >= 15 is 0 Å². The van der Waals surface area contributed by atoms with Gasteiger partial charge in [0.25, 0.3) is 0 Å². The summed E-state index contributed by atoms with van der Waals surface area (Å²) < 4.78 is 39.2. The summed E-state index contributed by atoms with van der Waals surface area (Å²) in [5.74, 6) is -1.12. The van der Waals surface area contributed by atoms with Gasteiger partial charge >= 0.3 is 6.18 Å². The molecular weight excluding hydrogens is 255 g/mol. The largest absolute Gasteiger partial charge is 0.391 e. The summed E-state index contributed by atoms with van der Waals surface area (Å²) in [5.41, 5.74) is 1.01. The molecule has 2 rings (SSSR count). The summed E-state index contributed by atoms with van der Waals surface area (Å²) in [4.78, 5) is 0. The molecule has 0 radical (unpaired) electrons. The number of hydrogen-bond acceptors (Lipinski definition) is 2. The van der Waals surface area contributed by atoms with Gasteiger partial charge in [-0.3, -0.25) is 0 Å². The Morgan fingerprint density at radius 1 is 1.37 bits per heavy atom. The molecule has 0 bridgehead atoms. The van der Waals surface area contributed by atoms with Crippen molar-refractivity contribution in [2.24, 2.45) is 5.92 Å². The highest BCUT2D eigenvalue weighted by Gasteiger charge is 2.41. The van der Waals surface area contributed by atoms with Gasteiger partial charge in [-0.25, -0.2) is 4.68 Å². The van der Waals surface area contributed by atoms with Gasteiger partial charge in [-0.05, 0) is 25.7 Å². The highest BCUT2D eigenvalue weighted by molar-refractivity contribution is 5.17. The predicted molar refractivity (Wildman–Crippen MR) is 67.3 cm³/mol. The quantitative estimate of drug-likeness (QED) is 0.913. The van der Waals surface area contributed by atoms with Crippen LogP contribution < -0.4 is 5.32 Å². The summed E-state index contributed by atoms with van der Waals surface area (Å²) in [6, 6.07) is 0.172. The molecule has 1 heterocycles. The van der Waals surface area contributed by atoms with E-state index in [0.29, 0.717) is 19.4 Å². The first kappa shape index (κ1) is 14.1. The van der Waals surface area contributed by atoms with Crippen LogP contribution in [0.15, 0.2) is 19.0 Å². The van der Waals surface area contributed by atoms with Crippen LogP contribution in [0.2, 0.25) is 0 Å². The van der Waals surface area contributed by atoms with Crippen molar-refractivity contribution in [1.29, 1.82) is 0 Å². The van der Waals surface area contributed by atoms with E-state index in [2.05, 4.69) is 17.0 Å². The summed E-state index contributed by atoms with van der Waals surface area (Å²) in [5, 5.41) is 7.34. The van der Waals surface area contributed by atoms with Gasteiger partial charge in [0.05, 0.1) is 12.1 Å². The molecule has 0 unspecified atom stereocenters. The minimum atomic E-state index is -4.03. The highest BCUT2D eigenvalue weighted by atomic mass is 19.4. The van der Waals surface area contributed by atoms with E-state index < -0.39 is 12.1 Å². The fourth-order valence-electron chi connectivity index (χ4n) is 2.46. The van der Waals surface area contributed by atoms with E-state index in [0.717, 1.165) is 5.56 Å². The molecule has 0 spiro atoms. The molecule has 1 fully saturated rings. The third-order valence-electron chi connectivity index (χ3n) is 3.63. The Morgan fingerprint density at radius 3 is 2.58 bits per heavy atom. The van der Waals surface area contributed by atoms with Crippen LogP contribution >= 0.6 is 0 Å². The van der Waals surface area contributed by atoms with Crippen molar-refractivity contribution in [2.45, 2.75) is 44.4 Å². The molecule has 0 aliphatic heterocycles. The maximum absolute atomic E-state index is 12.5. The molecule has 0 atom stereocenters. The predicted octanol–water partition coefficient (Wildman–Crippen LogP) is 3.19. The van der Waals surface area contributed by atoms with Crippen LogP contribution in [0.3, 0.4) is 0 Å². The van der Waals surface area contributed by atoms with Gasteiger partial charge in [0.15, 0.2) is 0 Å². The first-order valence-corrected chi connectivity index (χ1v) is 6.44. The zero-order chi connectivity index (χ0) is 13.9. The number of aromatic nitrogens is 2. The second-order valence-corrected chi connectivity index (χ2v) is 4.98. The molecule has 1 aliphatic rings. The maximum Gasteiger partial charge on any atom is 0.391 e. The molecule has 0 aromatic carbocycles. The van der Waals surface area contributed by atoms with E-state index in [4.69, 9.17) is 0 Å². The average molecular weight is 273 g/mol. The molecule has 6 heteroatoms. The Kier molecular flexibility index (Phi) is 4.29. The number of nitrogens with one attached hydrogen (secondary N) is 1. The molecule has 1 aromatic heterocycles. The molecule has 1 N–H and O–H groups in total. The monoisotopic (exact) mass is 273 g/mol. The fraction of sp³-hybridized carbons (Fsp3) is 0.615. The second-order valence-electron chi connectivity index (χ2n) is 4.98. The second kappa shape index (κ2) is 5.77. The summed E-state index contributed by atoms with van der Waals surface area (Å²) in [6.07, 6.45) is 2.77. The van der Waals surface area contributed by atoms with E-state index in [1.807, 2.05) is 6.20 Å². The van der Waals surface area contributed by atoms with Crippen molar-refractivity contribution in [1.82, 2.24) is 15.1 Å². The molecule has 0 amide bonds. The molecule has 1 aromatic rings. The minimum absolute atomic E-state index is 0.172. The SMILES string of the molecule is C=Cn1cc(CNC2CCC(C(F)(F)F)CC2)cn1. The molecule has 19 heavy (non-hydrogen) atoms. The topological polar surface area (TPSA) is 29.9 Å². The number of nitrogens with zero attached hydrogens (tertiary/aromatic N) is 2. The average Bonchev–Trinajstić information content (AvgIpc) is 2.84. The summed E-state index contributed by atoms with van der Waals surface area (Å²) >= 11 is 0. The first-order chi connectivity index (χ1) is 8.99. The van der Waals surface area contributed by atoms with Crippen molar-refractivity contribution in [2.75, 3.05) is 0 Å². The lowest BCUT2D eigenvalue weighted by Gasteiger charge is -2.30. The number of rotatable bonds is 4. The number of halogens is 3. The van der Waals surface area contributed by atoms with E-state index in [1.165, 1.54) is 0 Å². The number of alkyl halides is 3. The van der Waals surface area contributed by atoms with Crippen molar-refractivity contribution in [3.8, 4) is 0 Å². The molecular formula is C13H18F3N3. The summed E-state index contributed by atoms with van der Waals surface area (Å²) in [6.45, 7) is 4.23. The van der Waals surface area contributed by atoms with Crippen LogP contribution in [-0.4, -0.2) is 22.0 Å². The van der Waals surface area contributed by atoms with E-state index in [1.54, 1.807) is 17.1 Å². The van der Waals surface area contributed by atoms with Crippen molar-refractivity contribution in [3.05, 3.63) is 24.5 Å². The van der Waals surface area contributed by atoms with E-state index in [-0.39, 0.29) is 18.9 Å². The van der Waals surface area contributed by atoms with Crippen LogP contribution in [0.4, 0.5) is 13.2 Å². The van der Waals surface area contributed by atoms with Gasteiger partial charge in [-0.15, -0.1) is 0 Å². The molecule has 0 saturated heterocycles. The van der Waals surface area contributed by atoms with Crippen LogP contribution in [0.5, 0.6) is 0 Å². The number of hydrogen-bond donors (Lipinski definition) is 1. The maximum atomic E-state index is 12.5. The Labute approximate surface area is 110 Å². The first-order valence-electron chi connectivity index (χ1n) is 6.44. The van der Waals surface area contributed by atoms with E-state index in [9.17, 15) is 13.2 Å².